The number of rotatable bonds is 2. The van der Waals surface area contributed by atoms with E-state index in [1.807, 2.05) is 0 Å². The molecule has 136 valence electrons. The molecule has 1 aliphatic rings. The van der Waals surface area contributed by atoms with E-state index < -0.39 is 43.2 Å². The molecule has 3 rings (SSSR count). The number of alkyl halides is 6. The molecule has 11 heteroatoms. The number of hydrogen-bond acceptors (Lipinski definition) is 4. The molecular formula is C14H10F6N2OS2. The summed E-state index contributed by atoms with van der Waals surface area (Å²) in [6.45, 7) is -2.03. The van der Waals surface area contributed by atoms with Crippen LogP contribution < -0.4 is 0 Å². The van der Waals surface area contributed by atoms with E-state index in [1.165, 1.54) is 17.5 Å². The van der Waals surface area contributed by atoms with Gasteiger partial charge in [0.2, 0.25) is 0 Å². The Morgan fingerprint density at radius 3 is 2.40 bits per heavy atom. The SMILES string of the molecule is O=C(c1cnc(-c2cccs2)s1)N1CCC(C(F)(F)F)(C(F)(F)F)C1. The highest BCUT2D eigenvalue weighted by Crippen LogP contribution is 2.55. The number of nitrogens with zero attached hydrogens (tertiary/aromatic N) is 2. The lowest BCUT2D eigenvalue weighted by Crippen LogP contribution is -2.52. The number of amides is 1. The highest BCUT2D eigenvalue weighted by Gasteiger charge is 2.72. The van der Waals surface area contributed by atoms with Crippen molar-refractivity contribution in [3.63, 3.8) is 0 Å². The fraction of sp³-hybridized carbons (Fsp3) is 0.429. The van der Waals surface area contributed by atoms with E-state index in [9.17, 15) is 31.1 Å². The molecule has 0 unspecified atom stereocenters. The Morgan fingerprint density at radius 2 is 1.88 bits per heavy atom. The van der Waals surface area contributed by atoms with E-state index in [0.717, 1.165) is 16.2 Å². The van der Waals surface area contributed by atoms with E-state index in [-0.39, 0.29) is 4.88 Å². The number of carbonyl (C=O) groups excluding carboxylic acids is 1. The first-order chi connectivity index (χ1) is 11.6. The molecule has 2 aromatic rings. The third kappa shape index (κ3) is 3.03. The Kier molecular flexibility index (Phi) is 4.34. The van der Waals surface area contributed by atoms with E-state index in [0.29, 0.717) is 9.91 Å². The standard InChI is InChI=1S/C14H10F6N2OS2/c15-13(16,17)12(14(18,19)20)3-4-22(7-12)11(23)9-6-21-10(25-9)8-2-1-5-24-8/h1-2,5-6H,3-4,7H2. The van der Waals surface area contributed by atoms with Crippen LogP contribution in [0, 0.1) is 5.41 Å². The highest BCUT2D eigenvalue weighted by molar-refractivity contribution is 7.21. The fourth-order valence-electron chi connectivity index (χ4n) is 2.65. The van der Waals surface area contributed by atoms with E-state index in [4.69, 9.17) is 0 Å². The Bertz CT molecular complexity index is 751. The maximum absolute atomic E-state index is 13.1. The first-order valence-electron chi connectivity index (χ1n) is 6.98. The zero-order valence-electron chi connectivity index (χ0n) is 12.3. The molecular weight excluding hydrogens is 390 g/mol. The molecule has 0 N–H and O–H groups in total. The predicted octanol–water partition coefficient (Wildman–Crippen LogP) is 4.83. The summed E-state index contributed by atoms with van der Waals surface area (Å²) in [7, 11) is 0. The van der Waals surface area contributed by atoms with E-state index >= 15 is 0 Å². The molecule has 0 saturated carbocycles. The molecule has 1 saturated heterocycles. The van der Waals surface area contributed by atoms with Crippen molar-refractivity contribution < 1.29 is 31.1 Å². The van der Waals surface area contributed by atoms with Crippen molar-refractivity contribution in [3.05, 3.63) is 28.6 Å². The molecule has 3 heterocycles. The smallest absolute Gasteiger partial charge is 0.337 e. The molecule has 0 atom stereocenters. The van der Waals surface area contributed by atoms with Crippen molar-refractivity contribution in [1.29, 1.82) is 0 Å². The maximum Gasteiger partial charge on any atom is 0.404 e. The topological polar surface area (TPSA) is 33.2 Å². The lowest BCUT2D eigenvalue weighted by atomic mass is 9.85. The Morgan fingerprint density at radius 1 is 1.20 bits per heavy atom. The first-order valence-corrected chi connectivity index (χ1v) is 8.67. The van der Waals surface area contributed by atoms with Crippen molar-refractivity contribution in [2.24, 2.45) is 5.41 Å². The van der Waals surface area contributed by atoms with Gasteiger partial charge in [-0.1, -0.05) is 6.07 Å². The minimum absolute atomic E-state index is 0.0172. The number of aromatic nitrogens is 1. The minimum Gasteiger partial charge on any atom is -0.337 e. The van der Waals surface area contributed by atoms with Crippen molar-refractivity contribution in [1.82, 2.24) is 9.88 Å². The van der Waals surface area contributed by atoms with Crippen LogP contribution in [0.1, 0.15) is 16.1 Å². The normalized spacial score (nSPS) is 17.9. The van der Waals surface area contributed by atoms with Crippen LogP contribution in [0.3, 0.4) is 0 Å². The van der Waals surface area contributed by atoms with Gasteiger partial charge in [-0.2, -0.15) is 26.3 Å². The van der Waals surface area contributed by atoms with Crippen molar-refractivity contribution in [2.45, 2.75) is 18.8 Å². The second-order valence-corrected chi connectivity index (χ2v) is 7.54. The summed E-state index contributed by atoms with van der Waals surface area (Å²) in [6.07, 6.45) is -11.0. The van der Waals surface area contributed by atoms with Crippen LogP contribution in [0.15, 0.2) is 23.7 Å². The van der Waals surface area contributed by atoms with Gasteiger partial charge in [-0.15, -0.1) is 22.7 Å². The lowest BCUT2D eigenvalue weighted by Gasteiger charge is -2.33. The van der Waals surface area contributed by atoms with Gasteiger partial charge in [0, 0.05) is 13.1 Å². The molecule has 0 bridgehead atoms. The largest absolute Gasteiger partial charge is 0.404 e. The summed E-state index contributed by atoms with van der Waals surface area (Å²) in [5, 5.41) is 2.29. The monoisotopic (exact) mass is 400 g/mol. The molecule has 0 spiro atoms. The molecule has 0 radical (unpaired) electrons. The third-order valence-corrected chi connectivity index (χ3v) is 6.11. The van der Waals surface area contributed by atoms with Crippen LogP contribution in [0.2, 0.25) is 0 Å². The molecule has 1 aliphatic heterocycles. The summed E-state index contributed by atoms with van der Waals surface area (Å²) in [6, 6.07) is 3.52. The van der Waals surface area contributed by atoms with Gasteiger partial charge in [-0.25, -0.2) is 4.98 Å². The Balaban J connectivity index is 1.83. The number of thiazole rings is 1. The first kappa shape index (κ1) is 18.2. The van der Waals surface area contributed by atoms with Gasteiger partial charge in [0.05, 0.1) is 11.1 Å². The number of hydrogen-bond donors (Lipinski definition) is 0. The van der Waals surface area contributed by atoms with Crippen LogP contribution in [-0.2, 0) is 0 Å². The lowest BCUT2D eigenvalue weighted by molar-refractivity contribution is -0.334. The van der Waals surface area contributed by atoms with Crippen molar-refractivity contribution in [3.8, 4) is 9.88 Å². The Labute approximate surface area is 145 Å². The van der Waals surface area contributed by atoms with Crippen LogP contribution in [0.4, 0.5) is 26.3 Å². The Hall–Kier alpha value is -1.62. The van der Waals surface area contributed by atoms with Crippen LogP contribution >= 0.6 is 22.7 Å². The van der Waals surface area contributed by atoms with Gasteiger partial charge >= 0.3 is 12.4 Å². The van der Waals surface area contributed by atoms with Gasteiger partial charge < -0.3 is 4.90 Å². The number of carbonyl (C=O) groups is 1. The highest BCUT2D eigenvalue weighted by atomic mass is 32.1. The minimum atomic E-state index is -5.48. The fourth-order valence-corrected chi connectivity index (χ4v) is 4.34. The maximum atomic E-state index is 13.1. The van der Waals surface area contributed by atoms with E-state index in [2.05, 4.69) is 4.98 Å². The summed E-state index contributed by atoms with van der Waals surface area (Å²) in [5.74, 6) is -0.865. The number of thiophene rings is 1. The number of halogens is 6. The zero-order chi connectivity index (χ0) is 18.5. The van der Waals surface area contributed by atoms with Gasteiger partial charge in [0.15, 0.2) is 5.41 Å². The second kappa shape index (κ2) is 5.97. The van der Waals surface area contributed by atoms with Crippen molar-refractivity contribution in [2.75, 3.05) is 13.1 Å². The van der Waals surface area contributed by atoms with Crippen LogP contribution in [-0.4, -0.2) is 41.2 Å². The summed E-state index contributed by atoms with van der Waals surface area (Å²) in [4.78, 5) is 17.7. The molecule has 25 heavy (non-hydrogen) atoms. The summed E-state index contributed by atoms with van der Waals surface area (Å²) < 4.78 is 78.4. The van der Waals surface area contributed by atoms with Gasteiger partial charge in [0.25, 0.3) is 5.91 Å². The summed E-state index contributed by atoms with van der Waals surface area (Å²) >= 11 is 2.31. The second-order valence-electron chi connectivity index (χ2n) is 5.56. The average molecular weight is 400 g/mol. The molecule has 3 nitrogen and oxygen atoms in total. The van der Waals surface area contributed by atoms with Gasteiger partial charge in [0.1, 0.15) is 9.88 Å². The third-order valence-electron chi connectivity index (χ3n) is 4.09. The van der Waals surface area contributed by atoms with Crippen molar-refractivity contribution >= 4 is 28.6 Å². The van der Waals surface area contributed by atoms with Gasteiger partial charge in [-0.3, -0.25) is 4.79 Å². The molecule has 1 fully saturated rings. The predicted molar refractivity (Wildman–Crippen MR) is 80.5 cm³/mol. The van der Waals surface area contributed by atoms with Gasteiger partial charge in [-0.05, 0) is 17.9 Å². The molecule has 2 aromatic heterocycles. The van der Waals surface area contributed by atoms with Crippen LogP contribution in [0.5, 0.6) is 0 Å². The molecule has 0 aromatic carbocycles. The number of likely N-dealkylation sites (tertiary alicyclic amines) is 1. The molecule has 0 aliphatic carbocycles. The zero-order valence-corrected chi connectivity index (χ0v) is 14.0. The van der Waals surface area contributed by atoms with E-state index in [1.54, 1.807) is 17.5 Å². The quantitative estimate of drug-likeness (QED) is 0.677. The molecule has 1 amide bonds. The average Bonchev–Trinajstić information content (AvgIpc) is 3.23. The summed E-state index contributed by atoms with van der Waals surface area (Å²) in [5.41, 5.74) is -3.88. The van der Waals surface area contributed by atoms with Crippen LogP contribution in [0.25, 0.3) is 9.88 Å².